The maximum absolute atomic E-state index is 12.5. The van der Waals surface area contributed by atoms with E-state index in [1.54, 1.807) is 6.08 Å². The van der Waals surface area contributed by atoms with Gasteiger partial charge in [-0.25, -0.2) is 0 Å². The van der Waals surface area contributed by atoms with Crippen molar-refractivity contribution in [3.8, 4) is 0 Å². The van der Waals surface area contributed by atoms with Crippen LogP contribution in [0.25, 0.3) is 0 Å². The predicted octanol–water partition coefficient (Wildman–Crippen LogP) is 18.1. The van der Waals surface area contributed by atoms with E-state index in [9.17, 15) is 19.8 Å². The third kappa shape index (κ3) is 51.8. The van der Waals surface area contributed by atoms with E-state index in [0.717, 1.165) is 44.9 Å². The molecule has 0 bridgehead atoms. The zero-order valence-electron chi connectivity index (χ0n) is 44.0. The topological polar surface area (TPSA) is 95.9 Å². The molecule has 0 rings (SSSR count). The number of carbonyl (C=O) groups is 2. The molecule has 0 aromatic rings. The molecule has 386 valence electrons. The highest BCUT2D eigenvalue weighted by Gasteiger charge is 2.18. The van der Waals surface area contributed by atoms with Gasteiger partial charge in [-0.05, 0) is 32.1 Å². The van der Waals surface area contributed by atoms with Crippen molar-refractivity contribution in [2.45, 2.75) is 341 Å². The van der Waals surface area contributed by atoms with Gasteiger partial charge in [0.15, 0.2) is 0 Å². The van der Waals surface area contributed by atoms with Crippen molar-refractivity contribution in [2.24, 2.45) is 0 Å². The van der Waals surface area contributed by atoms with E-state index in [-0.39, 0.29) is 18.5 Å². The average Bonchev–Trinajstić information content (AvgIpc) is 3.31. The number of hydrogen-bond acceptors (Lipinski definition) is 5. The van der Waals surface area contributed by atoms with Crippen molar-refractivity contribution >= 4 is 11.9 Å². The number of esters is 1. The number of rotatable bonds is 55. The molecule has 65 heavy (non-hydrogen) atoms. The molecule has 0 aromatic carbocycles. The molecule has 0 aliphatic heterocycles. The molecule has 0 aliphatic rings. The molecule has 3 N–H and O–H groups in total. The fourth-order valence-corrected chi connectivity index (χ4v) is 9.28. The van der Waals surface area contributed by atoms with Crippen LogP contribution in [0.5, 0.6) is 0 Å². The van der Waals surface area contributed by atoms with Gasteiger partial charge in [0.05, 0.1) is 25.4 Å². The molecular weight excluding hydrogens is 803 g/mol. The summed E-state index contributed by atoms with van der Waals surface area (Å²) in [6.07, 6.45) is 65.2. The van der Waals surface area contributed by atoms with Crippen LogP contribution < -0.4 is 5.32 Å². The van der Waals surface area contributed by atoms with Crippen LogP contribution in [0.1, 0.15) is 328 Å². The Morgan fingerprint density at radius 2 is 0.708 bits per heavy atom. The monoisotopic (exact) mass is 918 g/mol. The predicted molar refractivity (Wildman–Crippen MR) is 283 cm³/mol. The number of nitrogens with one attached hydrogen (secondary N) is 1. The van der Waals surface area contributed by atoms with E-state index in [1.807, 2.05) is 6.08 Å². The van der Waals surface area contributed by atoms with Crippen LogP contribution in [0, 0.1) is 0 Å². The maximum atomic E-state index is 12.5. The summed E-state index contributed by atoms with van der Waals surface area (Å²) >= 11 is 0. The van der Waals surface area contributed by atoms with Crippen molar-refractivity contribution in [2.75, 3.05) is 13.2 Å². The molecule has 0 fully saturated rings. The molecule has 0 saturated heterocycles. The Morgan fingerprint density at radius 3 is 1.05 bits per heavy atom. The summed E-state index contributed by atoms with van der Waals surface area (Å²) < 4.78 is 5.46. The fourth-order valence-electron chi connectivity index (χ4n) is 9.28. The second kappa shape index (κ2) is 55.2. The normalized spacial score (nSPS) is 12.6. The molecule has 1 amide bonds. The Bertz CT molecular complexity index is 970. The van der Waals surface area contributed by atoms with Crippen LogP contribution in [0.15, 0.2) is 12.2 Å². The minimum Gasteiger partial charge on any atom is -0.466 e. The third-order valence-corrected chi connectivity index (χ3v) is 13.8. The zero-order chi connectivity index (χ0) is 47.2. The molecule has 6 heteroatoms. The largest absolute Gasteiger partial charge is 0.466 e. The second-order valence-electron chi connectivity index (χ2n) is 20.3. The van der Waals surface area contributed by atoms with E-state index >= 15 is 0 Å². The summed E-state index contributed by atoms with van der Waals surface area (Å²) in [7, 11) is 0. The first kappa shape index (κ1) is 63.6. The van der Waals surface area contributed by atoms with E-state index in [2.05, 4.69) is 19.2 Å². The van der Waals surface area contributed by atoms with E-state index < -0.39 is 12.1 Å². The molecule has 0 aromatic heterocycles. The van der Waals surface area contributed by atoms with Crippen molar-refractivity contribution in [1.82, 2.24) is 5.32 Å². The standard InChI is InChI=1S/C59H115NO5/c1-3-5-7-9-11-13-15-16-17-18-19-20-21-22-25-28-32-35-39-43-47-51-57(62)56(55-61)60-58(63)52-48-44-40-36-33-29-26-23-24-27-30-34-38-42-46-50-54-65-59(64)53-49-45-41-37-31-14-12-10-8-6-4-2/h47,51,56-57,61-62H,3-46,48-50,52-55H2,1-2H3,(H,60,63)/b51-47+. The summed E-state index contributed by atoms with van der Waals surface area (Å²) in [5.74, 6) is -0.0687. The minimum absolute atomic E-state index is 0.00256. The molecule has 2 atom stereocenters. The van der Waals surface area contributed by atoms with Crippen LogP contribution in [-0.4, -0.2) is 47.4 Å². The number of amides is 1. The van der Waals surface area contributed by atoms with Crippen molar-refractivity contribution < 1.29 is 24.5 Å². The van der Waals surface area contributed by atoms with E-state index in [0.29, 0.717) is 19.4 Å². The van der Waals surface area contributed by atoms with Gasteiger partial charge in [-0.2, -0.15) is 0 Å². The number of aliphatic hydroxyl groups excluding tert-OH is 2. The number of allylic oxidation sites excluding steroid dienone is 1. The van der Waals surface area contributed by atoms with Crippen molar-refractivity contribution in [1.29, 1.82) is 0 Å². The number of aliphatic hydroxyl groups is 2. The molecule has 0 spiro atoms. The number of hydrogen-bond donors (Lipinski definition) is 3. The average molecular weight is 919 g/mol. The number of ether oxygens (including phenoxy) is 1. The molecule has 6 nitrogen and oxygen atoms in total. The SMILES string of the molecule is CCCCCCCCCCCCCCCCCCCCC/C=C/C(O)C(CO)NC(=O)CCCCCCCCCCCCCCCCCCOC(=O)CCCCCCCCCCCCC. The van der Waals surface area contributed by atoms with Gasteiger partial charge >= 0.3 is 5.97 Å². The molecule has 0 heterocycles. The second-order valence-corrected chi connectivity index (χ2v) is 20.3. The molecule has 0 saturated carbocycles. The first-order valence-electron chi connectivity index (χ1n) is 29.5. The van der Waals surface area contributed by atoms with Crippen LogP contribution >= 0.6 is 0 Å². The van der Waals surface area contributed by atoms with Gasteiger partial charge in [-0.1, -0.05) is 296 Å². The lowest BCUT2D eigenvalue weighted by Crippen LogP contribution is -2.45. The smallest absolute Gasteiger partial charge is 0.305 e. The Morgan fingerprint density at radius 1 is 0.415 bits per heavy atom. The summed E-state index contributed by atoms with van der Waals surface area (Å²) in [5, 5.41) is 23.2. The Labute approximate surface area is 406 Å². The van der Waals surface area contributed by atoms with Crippen LogP contribution in [0.4, 0.5) is 0 Å². The first-order chi connectivity index (χ1) is 32.0. The maximum Gasteiger partial charge on any atom is 0.305 e. The molecule has 0 radical (unpaired) electrons. The lowest BCUT2D eigenvalue weighted by atomic mass is 10.0. The first-order valence-corrected chi connectivity index (χ1v) is 29.5. The quantitative estimate of drug-likeness (QED) is 0.0321. The highest BCUT2D eigenvalue weighted by molar-refractivity contribution is 5.76. The lowest BCUT2D eigenvalue weighted by molar-refractivity contribution is -0.143. The van der Waals surface area contributed by atoms with Gasteiger partial charge in [0.1, 0.15) is 0 Å². The van der Waals surface area contributed by atoms with Gasteiger partial charge in [-0.15, -0.1) is 0 Å². The number of unbranched alkanes of at least 4 members (excludes halogenated alkanes) is 44. The van der Waals surface area contributed by atoms with Gasteiger partial charge in [0.2, 0.25) is 5.91 Å². The van der Waals surface area contributed by atoms with Gasteiger partial charge in [-0.3, -0.25) is 9.59 Å². The van der Waals surface area contributed by atoms with Crippen molar-refractivity contribution in [3.63, 3.8) is 0 Å². The lowest BCUT2D eigenvalue weighted by Gasteiger charge is -2.20. The molecular formula is C59H115NO5. The molecule has 0 aliphatic carbocycles. The Kier molecular flexibility index (Phi) is 54.0. The summed E-state index contributed by atoms with van der Waals surface area (Å²) in [5.41, 5.74) is 0. The van der Waals surface area contributed by atoms with Crippen LogP contribution in [-0.2, 0) is 14.3 Å². The summed E-state index contributed by atoms with van der Waals surface area (Å²) in [4.78, 5) is 24.5. The van der Waals surface area contributed by atoms with Crippen LogP contribution in [0.2, 0.25) is 0 Å². The Hall–Kier alpha value is -1.40. The minimum atomic E-state index is -0.849. The Balaban J connectivity index is 3.46. The van der Waals surface area contributed by atoms with Gasteiger partial charge in [0, 0.05) is 12.8 Å². The van der Waals surface area contributed by atoms with E-state index in [4.69, 9.17) is 4.74 Å². The summed E-state index contributed by atoms with van der Waals surface area (Å²) in [6.45, 7) is 4.91. The van der Waals surface area contributed by atoms with Crippen molar-refractivity contribution in [3.05, 3.63) is 12.2 Å². The highest BCUT2D eigenvalue weighted by Crippen LogP contribution is 2.17. The highest BCUT2D eigenvalue weighted by atomic mass is 16.5. The molecule has 2 unspecified atom stereocenters. The number of carbonyl (C=O) groups excluding carboxylic acids is 2. The van der Waals surface area contributed by atoms with Gasteiger partial charge in [0.25, 0.3) is 0 Å². The van der Waals surface area contributed by atoms with E-state index in [1.165, 1.54) is 257 Å². The fraction of sp³-hybridized carbons (Fsp3) is 0.932. The zero-order valence-corrected chi connectivity index (χ0v) is 44.0. The third-order valence-electron chi connectivity index (χ3n) is 13.8. The van der Waals surface area contributed by atoms with Crippen LogP contribution in [0.3, 0.4) is 0 Å². The summed E-state index contributed by atoms with van der Waals surface area (Å²) in [6, 6.07) is -0.633. The van der Waals surface area contributed by atoms with Gasteiger partial charge < -0.3 is 20.3 Å².